The van der Waals surface area contributed by atoms with Crippen LogP contribution in [0.15, 0.2) is 47.7 Å². The molecule has 176 valence electrons. The van der Waals surface area contributed by atoms with Gasteiger partial charge in [-0.2, -0.15) is 0 Å². The highest BCUT2D eigenvalue weighted by molar-refractivity contribution is 5.79. The minimum atomic E-state index is 0.838. The summed E-state index contributed by atoms with van der Waals surface area (Å²) >= 11 is 0. The van der Waals surface area contributed by atoms with Gasteiger partial charge in [0.25, 0.3) is 0 Å². The maximum atomic E-state index is 4.64. The van der Waals surface area contributed by atoms with Crippen molar-refractivity contribution in [3.8, 4) is 0 Å². The first kappa shape index (κ1) is 23.0. The van der Waals surface area contributed by atoms with Crippen LogP contribution < -0.4 is 15.5 Å². The molecule has 0 unspecified atom stereocenters. The van der Waals surface area contributed by atoms with Crippen molar-refractivity contribution in [2.24, 2.45) is 4.99 Å². The lowest BCUT2D eigenvalue weighted by molar-refractivity contribution is 0.254. The van der Waals surface area contributed by atoms with E-state index in [2.05, 4.69) is 70.1 Å². The molecular weight excluding hydrogens is 414 g/mol. The van der Waals surface area contributed by atoms with Crippen LogP contribution in [0.1, 0.15) is 18.7 Å². The SMILES string of the molecule is CN=C(NCCCN1CCN(c2ncccn2)CC1)NCCCn1c(C)nc2ccccc21. The van der Waals surface area contributed by atoms with Gasteiger partial charge >= 0.3 is 0 Å². The Morgan fingerprint density at radius 2 is 1.64 bits per heavy atom. The number of piperazine rings is 1. The fourth-order valence-electron chi connectivity index (χ4n) is 4.28. The lowest BCUT2D eigenvalue weighted by Gasteiger charge is -2.34. The third-order valence-corrected chi connectivity index (χ3v) is 6.07. The number of aliphatic imine (C=N–C) groups is 1. The summed E-state index contributed by atoms with van der Waals surface area (Å²) in [6.07, 6.45) is 5.71. The van der Waals surface area contributed by atoms with Crippen LogP contribution in [0.3, 0.4) is 0 Å². The molecule has 3 aromatic rings. The molecule has 3 heterocycles. The molecular formula is C24H35N9. The van der Waals surface area contributed by atoms with Crippen molar-refractivity contribution >= 4 is 22.9 Å². The zero-order valence-corrected chi connectivity index (χ0v) is 19.7. The molecule has 0 amide bonds. The summed E-state index contributed by atoms with van der Waals surface area (Å²) in [4.78, 5) is 22.5. The van der Waals surface area contributed by atoms with E-state index in [0.29, 0.717) is 0 Å². The van der Waals surface area contributed by atoms with Gasteiger partial charge in [-0.25, -0.2) is 15.0 Å². The summed E-state index contributed by atoms with van der Waals surface area (Å²) in [6.45, 7) is 9.93. The van der Waals surface area contributed by atoms with Gasteiger partial charge < -0.3 is 20.1 Å². The van der Waals surface area contributed by atoms with Crippen molar-refractivity contribution in [2.75, 3.05) is 57.8 Å². The van der Waals surface area contributed by atoms with Gasteiger partial charge in [0.1, 0.15) is 5.82 Å². The number of hydrogen-bond donors (Lipinski definition) is 2. The summed E-state index contributed by atoms with van der Waals surface area (Å²) in [5.41, 5.74) is 2.27. The van der Waals surface area contributed by atoms with Crippen molar-refractivity contribution < 1.29 is 0 Å². The Kier molecular flexibility index (Phi) is 8.08. The fraction of sp³-hybridized carbons (Fsp3) is 0.500. The monoisotopic (exact) mass is 449 g/mol. The molecule has 1 aliphatic heterocycles. The van der Waals surface area contributed by atoms with Crippen molar-refractivity contribution in [1.82, 2.24) is 35.1 Å². The summed E-state index contributed by atoms with van der Waals surface area (Å²) in [5, 5.41) is 6.87. The van der Waals surface area contributed by atoms with Crippen LogP contribution in [-0.4, -0.2) is 83.2 Å². The lowest BCUT2D eigenvalue weighted by Crippen LogP contribution is -2.47. The van der Waals surface area contributed by atoms with Gasteiger partial charge in [-0.05, 0) is 44.5 Å². The Morgan fingerprint density at radius 3 is 2.36 bits per heavy atom. The molecule has 9 heteroatoms. The second-order valence-corrected chi connectivity index (χ2v) is 8.31. The molecule has 0 saturated carbocycles. The number of aromatic nitrogens is 4. The van der Waals surface area contributed by atoms with Crippen molar-refractivity contribution in [3.05, 3.63) is 48.5 Å². The number of aryl methyl sites for hydroxylation is 2. The molecule has 4 rings (SSSR count). The Hall–Kier alpha value is -3.20. The number of hydrogen-bond acceptors (Lipinski definition) is 6. The standard InChI is InChI=1S/C24H35N9/c1-20-30-21-8-3-4-9-22(21)33(20)15-7-13-27-23(25-2)26-12-6-14-31-16-18-32(19-17-31)24-28-10-5-11-29-24/h3-5,8-11H,6-7,12-19H2,1-2H3,(H2,25,26,27). The molecule has 0 atom stereocenters. The van der Waals surface area contributed by atoms with Crippen LogP contribution in [0.2, 0.25) is 0 Å². The van der Waals surface area contributed by atoms with Gasteiger partial charge in [0, 0.05) is 65.3 Å². The van der Waals surface area contributed by atoms with Gasteiger partial charge in [0.2, 0.25) is 5.95 Å². The number of guanidine groups is 1. The quantitative estimate of drug-likeness (QED) is 0.293. The fourth-order valence-corrected chi connectivity index (χ4v) is 4.28. The molecule has 0 aliphatic carbocycles. The maximum absolute atomic E-state index is 4.64. The smallest absolute Gasteiger partial charge is 0.225 e. The summed E-state index contributed by atoms with van der Waals surface area (Å²) < 4.78 is 2.29. The van der Waals surface area contributed by atoms with E-state index in [1.54, 1.807) is 0 Å². The predicted molar refractivity (Wildman–Crippen MR) is 134 cm³/mol. The predicted octanol–water partition coefficient (Wildman–Crippen LogP) is 1.90. The number of nitrogens with zero attached hydrogens (tertiary/aromatic N) is 7. The Labute approximate surface area is 196 Å². The second kappa shape index (κ2) is 11.6. The lowest BCUT2D eigenvalue weighted by atomic mass is 10.3. The molecule has 0 spiro atoms. The number of rotatable bonds is 9. The third-order valence-electron chi connectivity index (χ3n) is 6.07. The number of imidazole rings is 1. The molecule has 1 aliphatic rings. The van der Waals surface area contributed by atoms with E-state index >= 15 is 0 Å². The molecule has 1 fully saturated rings. The van der Waals surface area contributed by atoms with Gasteiger partial charge in [0.05, 0.1) is 11.0 Å². The molecule has 0 bridgehead atoms. The molecule has 0 radical (unpaired) electrons. The largest absolute Gasteiger partial charge is 0.356 e. The van der Waals surface area contributed by atoms with E-state index in [1.165, 1.54) is 5.52 Å². The molecule has 1 saturated heterocycles. The van der Waals surface area contributed by atoms with Gasteiger partial charge in [-0.15, -0.1) is 0 Å². The highest BCUT2D eigenvalue weighted by Crippen LogP contribution is 2.15. The second-order valence-electron chi connectivity index (χ2n) is 8.31. The van der Waals surface area contributed by atoms with Gasteiger partial charge in [-0.3, -0.25) is 9.89 Å². The number of para-hydroxylation sites is 2. The molecule has 2 N–H and O–H groups in total. The average molecular weight is 450 g/mol. The number of fused-ring (bicyclic) bond motifs is 1. The van der Waals surface area contributed by atoms with Crippen LogP contribution in [0, 0.1) is 6.92 Å². The number of anilines is 1. The minimum absolute atomic E-state index is 0.838. The van der Waals surface area contributed by atoms with Crippen LogP contribution >= 0.6 is 0 Å². The highest BCUT2D eigenvalue weighted by atomic mass is 15.3. The van der Waals surface area contributed by atoms with Gasteiger partial charge in [0.15, 0.2) is 5.96 Å². The first-order chi connectivity index (χ1) is 16.2. The average Bonchev–Trinajstić information content (AvgIpc) is 3.18. The summed E-state index contributed by atoms with van der Waals surface area (Å²) in [6, 6.07) is 10.2. The van der Waals surface area contributed by atoms with Crippen molar-refractivity contribution in [1.29, 1.82) is 0 Å². The Bertz CT molecular complexity index is 1020. The van der Waals surface area contributed by atoms with Crippen molar-refractivity contribution in [2.45, 2.75) is 26.3 Å². The first-order valence-corrected chi connectivity index (χ1v) is 11.9. The highest BCUT2D eigenvalue weighted by Gasteiger charge is 2.18. The first-order valence-electron chi connectivity index (χ1n) is 11.9. The molecule has 33 heavy (non-hydrogen) atoms. The number of benzene rings is 1. The van der Waals surface area contributed by atoms with E-state index in [4.69, 9.17) is 0 Å². The van der Waals surface area contributed by atoms with Crippen LogP contribution in [0.25, 0.3) is 11.0 Å². The van der Waals surface area contributed by atoms with Crippen molar-refractivity contribution in [3.63, 3.8) is 0 Å². The maximum Gasteiger partial charge on any atom is 0.225 e. The number of nitrogens with one attached hydrogen (secondary N) is 2. The van der Waals surface area contributed by atoms with Crippen LogP contribution in [0.4, 0.5) is 5.95 Å². The third kappa shape index (κ3) is 6.19. The Balaban J connectivity index is 1.10. The van der Waals surface area contributed by atoms with E-state index in [1.807, 2.05) is 31.6 Å². The van der Waals surface area contributed by atoms with E-state index < -0.39 is 0 Å². The summed E-state index contributed by atoms with van der Waals surface area (Å²) in [5.74, 6) is 2.77. The Morgan fingerprint density at radius 1 is 0.939 bits per heavy atom. The van der Waals surface area contributed by atoms with Gasteiger partial charge in [-0.1, -0.05) is 12.1 Å². The van der Waals surface area contributed by atoms with E-state index in [-0.39, 0.29) is 0 Å². The normalized spacial score (nSPS) is 15.2. The van der Waals surface area contributed by atoms with E-state index in [0.717, 1.165) is 88.4 Å². The van der Waals surface area contributed by atoms with Crippen LogP contribution in [0.5, 0.6) is 0 Å². The molecule has 1 aromatic carbocycles. The summed E-state index contributed by atoms with van der Waals surface area (Å²) in [7, 11) is 1.83. The van der Waals surface area contributed by atoms with Crippen LogP contribution in [-0.2, 0) is 6.54 Å². The van der Waals surface area contributed by atoms with E-state index in [9.17, 15) is 0 Å². The molecule has 2 aromatic heterocycles. The molecule has 9 nitrogen and oxygen atoms in total. The zero-order chi connectivity index (χ0) is 22.9. The topological polar surface area (TPSA) is 86.5 Å². The minimum Gasteiger partial charge on any atom is -0.356 e. The zero-order valence-electron chi connectivity index (χ0n) is 19.7.